The number of hydrogen-bond donors (Lipinski definition) is 2. The number of nitrogens with zero attached hydrogens (tertiary/aromatic N) is 3. The van der Waals surface area contributed by atoms with E-state index < -0.39 is 23.4 Å². The summed E-state index contributed by atoms with van der Waals surface area (Å²) >= 11 is 6.34. The van der Waals surface area contributed by atoms with Crippen LogP contribution >= 0.6 is 38.6 Å². The molecule has 2 aromatic carbocycles. The summed E-state index contributed by atoms with van der Waals surface area (Å²) in [5.41, 5.74) is 5.06. The number of thiazole rings is 2. The summed E-state index contributed by atoms with van der Waals surface area (Å²) in [6.45, 7) is 10.1. The van der Waals surface area contributed by atoms with Crippen molar-refractivity contribution in [2.45, 2.75) is 65.6 Å². The summed E-state index contributed by atoms with van der Waals surface area (Å²) in [5, 5.41) is 6.35. The molecule has 1 aliphatic rings. The van der Waals surface area contributed by atoms with E-state index in [0.29, 0.717) is 18.0 Å². The van der Waals surface area contributed by atoms with Gasteiger partial charge in [-0.3, -0.25) is 14.4 Å². The van der Waals surface area contributed by atoms with Gasteiger partial charge in [0, 0.05) is 11.0 Å². The van der Waals surface area contributed by atoms with Crippen LogP contribution in [0.5, 0.6) is 0 Å². The van der Waals surface area contributed by atoms with Gasteiger partial charge < -0.3 is 15.5 Å². The number of aromatic nitrogens is 2. The van der Waals surface area contributed by atoms with Gasteiger partial charge in [-0.1, -0.05) is 61.0 Å². The van der Waals surface area contributed by atoms with Crippen LogP contribution < -0.4 is 10.6 Å². The Kier molecular flexibility index (Phi) is 8.82. The lowest BCUT2D eigenvalue weighted by atomic mass is 9.85. The van der Waals surface area contributed by atoms with Gasteiger partial charge in [0.2, 0.25) is 11.8 Å². The van der Waals surface area contributed by atoms with E-state index >= 15 is 0 Å². The van der Waals surface area contributed by atoms with Gasteiger partial charge in [-0.05, 0) is 61.4 Å². The smallest absolute Gasteiger partial charge is 0.280 e. The Bertz CT molecular complexity index is 1630. The highest BCUT2D eigenvalue weighted by Gasteiger charge is 2.42. The van der Waals surface area contributed by atoms with Crippen LogP contribution in [0.3, 0.4) is 0 Å². The summed E-state index contributed by atoms with van der Waals surface area (Å²) in [7, 11) is 0. The molecule has 2 N–H and O–H groups in total. The molecule has 0 saturated carbocycles. The molecular formula is C31H34BrN5O3S2. The Balaban J connectivity index is 1.27. The van der Waals surface area contributed by atoms with E-state index in [1.807, 2.05) is 82.6 Å². The molecule has 1 saturated heterocycles. The van der Waals surface area contributed by atoms with Crippen LogP contribution in [0.1, 0.15) is 67.6 Å². The zero-order chi connectivity index (χ0) is 30.2. The second-order valence-electron chi connectivity index (χ2n) is 11.7. The number of aryl methyl sites for hydroxylation is 1. The van der Waals surface area contributed by atoms with Gasteiger partial charge >= 0.3 is 0 Å². The lowest BCUT2D eigenvalue weighted by Crippen LogP contribution is -2.57. The minimum Gasteiger partial charge on any atom is -0.348 e. The summed E-state index contributed by atoms with van der Waals surface area (Å²) in [4.78, 5) is 52.2. The highest BCUT2D eigenvalue weighted by atomic mass is 79.9. The molecule has 4 aromatic rings. The average Bonchev–Trinajstić information content (AvgIpc) is 3.70. The highest BCUT2D eigenvalue weighted by molar-refractivity contribution is 9.10. The number of hydrogen-bond acceptors (Lipinski definition) is 7. The van der Waals surface area contributed by atoms with Crippen molar-refractivity contribution in [2.75, 3.05) is 6.54 Å². The maximum Gasteiger partial charge on any atom is 0.280 e. The van der Waals surface area contributed by atoms with Gasteiger partial charge in [-0.2, -0.15) is 0 Å². The average molecular weight is 669 g/mol. The topological polar surface area (TPSA) is 104 Å². The summed E-state index contributed by atoms with van der Waals surface area (Å²) < 4.78 is 1.79. The fourth-order valence-corrected chi connectivity index (χ4v) is 7.43. The molecule has 3 heterocycles. The number of rotatable bonds is 7. The van der Waals surface area contributed by atoms with Gasteiger partial charge in [-0.25, -0.2) is 9.97 Å². The SMILES string of the molecule is Cc1ncsc1-c1ccc(C(C)NC(=O)C2CCCN2C(=O)C(NC(=O)c2nc3ccc(Br)cc3s2)C(C)(C)C)cc1. The molecule has 5 rings (SSSR count). The lowest BCUT2D eigenvalue weighted by molar-refractivity contribution is -0.142. The lowest BCUT2D eigenvalue weighted by Gasteiger charge is -2.35. The summed E-state index contributed by atoms with van der Waals surface area (Å²) in [6, 6.07) is 12.1. The largest absolute Gasteiger partial charge is 0.348 e. The number of nitrogens with one attached hydrogen (secondary N) is 2. The van der Waals surface area contributed by atoms with E-state index in [2.05, 4.69) is 36.5 Å². The third kappa shape index (κ3) is 6.43. The molecule has 220 valence electrons. The Labute approximate surface area is 262 Å². The maximum absolute atomic E-state index is 13.9. The van der Waals surface area contributed by atoms with Crippen LogP contribution in [-0.2, 0) is 9.59 Å². The first kappa shape index (κ1) is 30.3. The Morgan fingerprint density at radius 1 is 1.10 bits per heavy atom. The zero-order valence-corrected chi connectivity index (χ0v) is 27.5. The first-order valence-electron chi connectivity index (χ1n) is 13.9. The van der Waals surface area contributed by atoms with E-state index in [4.69, 9.17) is 0 Å². The maximum atomic E-state index is 13.9. The van der Waals surface area contributed by atoms with Crippen molar-refractivity contribution in [3.63, 3.8) is 0 Å². The predicted octanol–water partition coefficient (Wildman–Crippen LogP) is 6.50. The van der Waals surface area contributed by atoms with Crippen LogP contribution in [0.2, 0.25) is 0 Å². The Hall–Kier alpha value is -3.15. The second kappa shape index (κ2) is 12.2. The number of fused-ring (bicyclic) bond motifs is 1. The highest BCUT2D eigenvalue weighted by Crippen LogP contribution is 2.30. The number of halogens is 1. The molecule has 1 fully saturated rings. The molecule has 3 unspecified atom stereocenters. The first-order valence-corrected chi connectivity index (χ1v) is 16.4. The second-order valence-corrected chi connectivity index (χ2v) is 14.5. The molecule has 0 radical (unpaired) electrons. The molecule has 0 bridgehead atoms. The van der Waals surface area contributed by atoms with Crippen molar-refractivity contribution < 1.29 is 14.4 Å². The third-order valence-corrected chi connectivity index (χ3v) is 10.0. The van der Waals surface area contributed by atoms with Crippen LogP contribution in [0.4, 0.5) is 0 Å². The van der Waals surface area contributed by atoms with Crippen LogP contribution in [0.15, 0.2) is 52.4 Å². The Morgan fingerprint density at radius 2 is 1.83 bits per heavy atom. The first-order chi connectivity index (χ1) is 19.9. The van der Waals surface area contributed by atoms with Gasteiger partial charge in [0.05, 0.1) is 32.3 Å². The summed E-state index contributed by atoms with van der Waals surface area (Å²) in [6.07, 6.45) is 1.30. The monoisotopic (exact) mass is 667 g/mol. The van der Waals surface area contributed by atoms with E-state index in [9.17, 15) is 14.4 Å². The van der Waals surface area contributed by atoms with Crippen molar-refractivity contribution in [1.82, 2.24) is 25.5 Å². The molecule has 3 atom stereocenters. The molecule has 0 aliphatic carbocycles. The van der Waals surface area contributed by atoms with E-state index in [1.165, 1.54) is 11.3 Å². The molecule has 11 heteroatoms. The van der Waals surface area contributed by atoms with E-state index in [1.54, 1.807) is 16.2 Å². The minimum atomic E-state index is -0.822. The van der Waals surface area contributed by atoms with Crippen molar-refractivity contribution in [3.05, 3.63) is 68.7 Å². The van der Waals surface area contributed by atoms with Gasteiger partial charge in [-0.15, -0.1) is 22.7 Å². The number of benzene rings is 2. The predicted molar refractivity (Wildman–Crippen MR) is 172 cm³/mol. The zero-order valence-electron chi connectivity index (χ0n) is 24.2. The van der Waals surface area contributed by atoms with Crippen LogP contribution in [-0.4, -0.2) is 51.2 Å². The third-order valence-electron chi connectivity index (χ3n) is 7.55. The molecule has 2 aromatic heterocycles. The number of carbonyl (C=O) groups excluding carboxylic acids is 3. The van der Waals surface area contributed by atoms with E-state index in [-0.39, 0.29) is 17.9 Å². The molecule has 1 aliphatic heterocycles. The minimum absolute atomic E-state index is 0.188. The van der Waals surface area contributed by atoms with Crippen molar-refractivity contribution in [2.24, 2.45) is 5.41 Å². The van der Waals surface area contributed by atoms with Crippen LogP contribution in [0, 0.1) is 12.3 Å². The quantitative estimate of drug-likeness (QED) is 0.234. The number of carbonyl (C=O) groups is 3. The van der Waals surface area contributed by atoms with Gasteiger partial charge in [0.15, 0.2) is 5.01 Å². The Morgan fingerprint density at radius 3 is 2.50 bits per heavy atom. The molecular weight excluding hydrogens is 634 g/mol. The van der Waals surface area contributed by atoms with E-state index in [0.717, 1.165) is 42.8 Å². The van der Waals surface area contributed by atoms with Crippen molar-refractivity contribution in [1.29, 1.82) is 0 Å². The van der Waals surface area contributed by atoms with Gasteiger partial charge in [0.25, 0.3) is 5.91 Å². The van der Waals surface area contributed by atoms with Crippen molar-refractivity contribution in [3.8, 4) is 10.4 Å². The normalized spacial score (nSPS) is 16.8. The molecule has 42 heavy (non-hydrogen) atoms. The van der Waals surface area contributed by atoms with Crippen LogP contribution in [0.25, 0.3) is 20.7 Å². The number of amides is 3. The fourth-order valence-electron chi connectivity index (χ4n) is 5.20. The standard InChI is InChI=1S/C31H34BrN5O3S2/c1-17(19-8-10-20(11-9-19)25-18(2)33-16-41-25)34-27(38)23-7-6-14-37(23)30(40)26(31(3,4)5)36-28(39)29-35-22-13-12-21(32)15-24(22)42-29/h8-13,15-17,23,26H,6-7,14H2,1-5H3,(H,34,38)(H,36,39). The van der Waals surface area contributed by atoms with Crippen molar-refractivity contribution >= 4 is 66.5 Å². The number of likely N-dealkylation sites (tertiary alicyclic amines) is 1. The molecule has 8 nitrogen and oxygen atoms in total. The molecule has 3 amide bonds. The molecule has 0 spiro atoms. The van der Waals surface area contributed by atoms with Gasteiger partial charge in [0.1, 0.15) is 12.1 Å². The summed E-state index contributed by atoms with van der Waals surface area (Å²) in [5.74, 6) is -0.841. The fraction of sp³-hybridized carbons (Fsp3) is 0.387.